The molecule has 1 aromatic carbocycles. The summed E-state index contributed by atoms with van der Waals surface area (Å²) < 4.78 is 16.7. The zero-order chi connectivity index (χ0) is 28.2. The van der Waals surface area contributed by atoms with Crippen LogP contribution in [0.15, 0.2) is 30.0 Å². The van der Waals surface area contributed by atoms with Crippen LogP contribution in [-0.2, 0) is 25.7 Å². The number of fused-ring (bicyclic) bond motifs is 2. The van der Waals surface area contributed by atoms with Crippen LogP contribution in [-0.4, -0.2) is 42.6 Å². The van der Waals surface area contributed by atoms with E-state index in [1.807, 2.05) is 31.2 Å². The van der Waals surface area contributed by atoms with Gasteiger partial charge < -0.3 is 24.4 Å². The van der Waals surface area contributed by atoms with Crippen LogP contribution in [0.3, 0.4) is 0 Å². The summed E-state index contributed by atoms with van der Waals surface area (Å²) in [4.78, 5) is 42.9. The highest BCUT2D eigenvalue weighted by Gasteiger charge is 2.55. The molecule has 8 nitrogen and oxygen atoms in total. The third kappa shape index (κ3) is 4.81. The van der Waals surface area contributed by atoms with Crippen molar-refractivity contribution in [2.75, 3.05) is 19.9 Å². The lowest BCUT2D eigenvalue weighted by molar-refractivity contribution is -0.162. The Morgan fingerprint density at radius 1 is 1.05 bits per heavy atom. The molecule has 0 aromatic heterocycles. The van der Waals surface area contributed by atoms with Crippen LogP contribution in [0.2, 0.25) is 0 Å². The molecule has 7 aliphatic rings. The van der Waals surface area contributed by atoms with Gasteiger partial charge in [-0.1, -0.05) is 12.1 Å². The molecule has 2 atom stereocenters. The van der Waals surface area contributed by atoms with E-state index >= 15 is 0 Å². The van der Waals surface area contributed by atoms with Gasteiger partial charge in [0.15, 0.2) is 11.5 Å². The molecule has 4 saturated carbocycles. The maximum absolute atomic E-state index is 14.1. The van der Waals surface area contributed by atoms with Gasteiger partial charge in [-0.25, -0.2) is 0 Å². The molecule has 1 saturated heterocycles. The minimum atomic E-state index is -0.913. The van der Waals surface area contributed by atoms with Gasteiger partial charge in [-0.15, -0.1) is 0 Å². The number of esters is 1. The Labute approximate surface area is 242 Å². The van der Waals surface area contributed by atoms with Crippen LogP contribution in [0.5, 0.6) is 11.5 Å². The summed E-state index contributed by atoms with van der Waals surface area (Å²) in [7, 11) is 0. The smallest absolute Gasteiger partial charge is 0.318 e. The van der Waals surface area contributed by atoms with E-state index in [1.54, 1.807) is 4.90 Å². The predicted molar refractivity (Wildman–Crippen MR) is 150 cm³/mol. The Balaban J connectivity index is 1.11. The lowest BCUT2D eigenvalue weighted by Gasteiger charge is -2.57. The summed E-state index contributed by atoms with van der Waals surface area (Å²) in [5, 5.41) is 3.27. The summed E-state index contributed by atoms with van der Waals surface area (Å²) in [6.07, 6.45) is 12.5. The number of piperidine rings is 1. The number of ether oxygens (including phenoxy) is 3. The second-order valence-electron chi connectivity index (χ2n) is 13.7. The van der Waals surface area contributed by atoms with E-state index in [0.717, 1.165) is 41.9 Å². The number of allylic oxidation sites excluding steroid dienone is 1. The molecule has 0 radical (unpaired) electrons. The molecule has 0 unspecified atom stereocenters. The molecule has 8 heteroatoms. The highest BCUT2D eigenvalue weighted by molar-refractivity contribution is 5.92. The van der Waals surface area contributed by atoms with Crippen molar-refractivity contribution in [1.29, 1.82) is 0 Å². The number of rotatable bonds is 8. The van der Waals surface area contributed by atoms with Gasteiger partial charge >= 0.3 is 5.97 Å². The summed E-state index contributed by atoms with van der Waals surface area (Å²) in [5.41, 5.74) is 0.940. The zero-order valence-electron chi connectivity index (χ0n) is 24.1. The minimum Gasteiger partial charge on any atom is -0.465 e. The standard InChI is InChI=1S/C33H42N2O6/c1-2-39-31(38)33-8-4-3-5-28(33)35(18-21-6-7-26-27(12-21)41-20-40-26)30(37)25(17-33)13-29(36)34-19-32-14-22-9-23(15-32)11-24(10-22)16-32/h5-7,12,22-25H,2-4,8-11,13-20H2,1H3,(H,34,36)/t22?,23?,24?,25-,32?,33+/m1/s1. The summed E-state index contributed by atoms with van der Waals surface area (Å²) in [6, 6.07) is 5.68. The number of likely N-dealkylation sites (tertiary alicyclic amines) is 1. The van der Waals surface area contributed by atoms with Crippen molar-refractivity contribution < 1.29 is 28.6 Å². The molecule has 1 aromatic rings. The number of hydrogen-bond donors (Lipinski definition) is 1. The van der Waals surface area contributed by atoms with E-state index in [0.29, 0.717) is 37.4 Å². The third-order valence-electron chi connectivity index (χ3n) is 10.8. The number of hydrogen-bond acceptors (Lipinski definition) is 6. The van der Waals surface area contributed by atoms with E-state index in [2.05, 4.69) is 5.32 Å². The lowest BCUT2D eigenvalue weighted by atomic mass is 9.49. The summed E-state index contributed by atoms with van der Waals surface area (Å²) >= 11 is 0. The van der Waals surface area contributed by atoms with Crippen molar-refractivity contribution in [3.63, 3.8) is 0 Å². The second-order valence-corrected chi connectivity index (χ2v) is 13.7. The molecule has 8 rings (SSSR count). The molecule has 4 bridgehead atoms. The fourth-order valence-corrected chi connectivity index (χ4v) is 9.58. The molecule has 5 fully saturated rings. The Hall–Kier alpha value is -3.03. The molecule has 0 spiro atoms. The van der Waals surface area contributed by atoms with Gasteiger partial charge in [0.2, 0.25) is 18.6 Å². The largest absolute Gasteiger partial charge is 0.465 e. The first-order valence-electron chi connectivity index (χ1n) is 15.7. The molecule has 220 valence electrons. The van der Waals surface area contributed by atoms with Gasteiger partial charge in [-0.05, 0) is 112 Å². The molecule has 2 aliphatic heterocycles. The number of carbonyl (C=O) groups is 3. The van der Waals surface area contributed by atoms with Crippen molar-refractivity contribution in [3.05, 3.63) is 35.5 Å². The molecule has 5 aliphatic carbocycles. The van der Waals surface area contributed by atoms with Crippen molar-refractivity contribution in [2.45, 2.75) is 84.1 Å². The summed E-state index contributed by atoms with van der Waals surface area (Å²) in [6.45, 7) is 3.28. The Morgan fingerprint density at radius 2 is 1.78 bits per heavy atom. The molecular weight excluding hydrogens is 520 g/mol. The lowest BCUT2D eigenvalue weighted by Crippen LogP contribution is -2.54. The molecule has 2 amide bonds. The second kappa shape index (κ2) is 10.4. The van der Waals surface area contributed by atoms with Gasteiger partial charge in [-0.3, -0.25) is 14.4 Å². The van der Waals surface area contributed by atoms with Crippen LogP contribution < -0.4 is 14.8 Å². The van der Waals surface area contributed by atoms with Gasteiger partial charge in [0.05, 0.1) is 13.2 Å². The molecule has 2 heterocycles. The van der Waals surface area contributed by atoms with E-state index in [4.69, 9.17) is 14.2 Å². The highest BCUT2D eigenvalue weighted by Crippen LogP contribution is 2.59. The average molecular weight is 563 g/mol. The van der Waals surface area contributed by atoms with Gasteiger partial charge in [-0.2, -0.15) is 0 Å². The van der Waals surface area contributed by atoms with Gasteiger partial charge in [0.25, 0.3) is 0 Å². The van der Waals surface area contributed by atoms with Gasteiger partial charge in [0.1, 0.15) is 5.41 Å². The normalized spacial score (nSPS) is 34.7. The monoisotopic (exact) mass is 562 g/mol. The fraction of sp³-hybridized carbons (Fsp3) is 0.667. The highest BCUT2D eigenvalue weighted by atomic mass is 16.7. The number of carbonyl (C=O) groups excluding carboxylic acids is 3. The van der Waals surface area contributed by atoms with Crippen LogP contribution in [0.4, 0.5) is 0 Å². The van der Waals surface area contributed by atoms with Crippen LogP contribution in [0.25, 0.3) is 0 Å². The van der Waals surface area contributed by atoms with Crippen LogP contribution >= 0.6 is 0 Å². The molecular formula is C33H42N2O6. The first-order chi connectivity index (χ1) is 19.9. The van der Waals surface area contributed by atoms with E-state index in [-0.39, 0.29) is 43.0 Å². The van der Waals surface area contributed by atoms with Crippen LogP contribution in [0.1, 0.15) is 83.1 Å². The number of benzene rings is 1. The number of amides is 2. The fourth-order valence-electron chi connectivity index (χ4n) is 9.58. The quantitative estimate of drug-likeness (QED) is 0.443. The number of nitrogens with zero attached hydrogens (tertiary/aromatic N) is 1. The van der Waals surface area contributed by atoms with Crippen molar-refractivity contribution in [1.82, 2.24) is 10.2 Å². The van der Waals surface area contributed by atoms with E-state index < -0.39 is 11.3 Å². The maximum atomic E-state index is 14.1. The van der Waals surface area contributed by atoms with E-state index in [9.17, 15) is 14.4 Å². The first-order valence-corrected chi connectivity index (χ1v) is 15.7. The maximum Gasteiger partial charge on any atom is 0.318 e. The summed E-state index contributed by atoms with van der Waals surface area (Å²) in [5.74, 6) is 2.77. The minimum absolute atomic E-state index is 0.0793. The number of nitrogens with one attached hydrogen (secondary N) is 1. The molecule has 41 heavy (non-hydrogen) atoms. The van der Waals surface area contributed by atoms with Crippen molar-refractivity contribution in [2.24, 2.45) is 34.5 Å². The van der Waals surface area contributed by atoms with E-state index in [1.165, 1.54) is 38.5 Å². The topological polar surface area (TPSA) is 94.2 Å². The predicted octanol–water partition coefficient (Wildman–Crippen LogP) is 5.10. The molecule has 1 N–H and O–H groups in total. The average Bonchev–Trinajstić information content (AvgIpc) is 3.42. The van der Waals surface area contributed by atoms with Crippen molar-refractivity contribution >= 4 is 17.8 Å². The SMILES string of the molecule is CCOC(=O)[C@]12CCCC=C1N(Cc1ccc3c(c1)OCO3)C(=O)[C@H](CC(=O)NCC13CC4CC(CC(C4)C1)C3)C2. The van der Waals surface area contributed by atoms with Gasteiger partial charge in [0, 0.05) is 24.6 Å². The van der Waals surface area contributed by atoms with Crippen LogP contribution in [0, 0.1) is 34.5 Å². The Bertz CT molecular complexity index is 1240. The Kier molecular flexibility index (Phi) is 6.78. The van der Waals surface area contributed by atoms with Crippen molar-refractivity contribution in [3.8, 4) is 11.5 Å². The first kappa shape index (κ1) is 26.8. The zero-order valence-corrected chi connectivity index (χ0v) is 24.1. The Morgan fingerprint density at radius 3 is 2.51 bits per heavy atom. The third-order valence-corrected chi connectivity index (χ3v) is 10.8.